The summed E-state index contributed by atoms with van der Waals surface area (Å²) in [6.45, 7) is 1.31. The van der Waals surface area contributed by atoms with Gasteiger partial charge in [-0.3, -0.25) is 24.6 Å². The van der Waals surface area contributed by atoms with Gasteiger partial charge in [-0.05, 0) is 47.3 Å². The van der Waals surface area contributed by atoms with Gasteiger partial charge in [0.15, 0.2) is 6.61 Å². The molecule has 2 atom stereocenters. The highest BCUT2D eigenvalue weighted by Crippen LogP contribution is 2.46. The summed E-state index contributed by atoms with van der Waals surface area (Å²) in [5, 5.41) is 13.0. The number of nitro groups is 1. The molecule has 0 aliphatic carbocycles. The molecule has 186 valence electrons. The van der Waals surface area contributed by atoms with E-state index in [2.05, 4.69) is 21.2 Å². The van der Waals surface area contributed by atoms with Crippen molar-refractivity contribution in [3.8, 4) is 5.75 Å². The second kappa shape index (κ2) is 11.0. The number of carbonyl (C=O) groups excluding carboxylic acids is 3. The number of benzene rings is 2. The molecule has 2 aromatic rings. The number of nitrogens with one attached hydrogen (secondary N) is 1. The Hall–Kier alpha value is -3.64. The second-order valence-corrected chi connectivity index (χ2v) is 9.43. The fourth-order valence-corrected chi connectivity index (χ4v) is 5.53. The summed E-state index contributed by atoms with van der Waals surface area (Å²) < 4.78 is 10.9. The van der Waals surface area contributed by atoms with E-state index in [0.717, 1.165) is 0 Å². The number of halogens is 1. The number of carbonyl (C=O) groups is 3. The van der Waals surface area contributed by atoms with Crippen molar-refractivity contribution in [3.63, 3.8) is 0 Å². The van der Waals surface area contributed by atoms with Crippen LogP contribution in [0.15, 0.2) is 75.8 Å². The van der Waals surface area contributed by atoms with Crippen LogP contribution in [-0.4, -0.2) is 45.6 Å². The Balaban J connectivity index is 1.42. The first kappa shape index (κ1) is 25.5. The van der Waals surface area contributed by atoms with Gasteiger partial charge in [-0.2, -0.15) is 0 Å². The summed E-state index contributed by atoms with van der Waals surface area (Å²) in [6, 6.07) is 13.6. The molecule has 2 unspecified atom stereocenters. The first-order chi connectivity index (χ1) is 17.3. The zero-order chi connectivity index (χ0) is 25.8. The van der Waals surface area contributed by atoms with Gasteiger partial charge in [-0.1, -0.05) is 45.9 Å². The van der Waals surface area contributed by atoms with Gasteiger partial charge >= 0.3 is 5.97 Å². The van der Waals surface area contributed by atoms with Crippen molar-refractivity contribution in [3.05, 3.63) is 91.4 Å². The van der Waals surface area contributed by atoms with E-state index in [1.165, 1.54) is 40.9 Å². The van der Waals surface area contributed by atoms with Gasteiger partial charge < -0.3 is 14.8 Å². The van der Waals surface area contributed by atoms with E-state index in [1.54, 1.807) is 36.2 Å². The van der Waals surface area contributed by atoms with Crippen molar-refractivity contribution in [2.24, 2.45) is 0 Å². The molecule has 1 fully saturated rings. The van der Waals surface area contributed by atoms with E-state index in [-0.39, 0.29) is 24.6 Å². The number of esters is 1. The first-order valence-corrected chi connectivity index (χ1v) is 12.5. The molecule has 1 N–H and O–H groups in total. The van der Waals surface area contributed by atoms with Crippen molar-refractivity contribution in [1.82, 2.24) is 10.2 Å². The third kappa shape index (κ3) is 5.29. The molecule has 2 amide bonds. The van der Waals surface area contributed by atoms with E-state index in [9.17, 15) is 24.5 Å². The van der Waals surface area contributed by atoms with Gasteiger partial charge in [0, 0.05) is 17.0 Å². The average molecular weight is 574 g/mol. The van der Waals surface area contributed by atoms with Crippen LogP contribution in [0.2, 0.25) is 0 Å². The number of non-ortho nitro benzene ring substituents is 1. The number of nitrogens with zero attached hydrogens (tertiary/aromatic N) is 2. The third-order valence-electron chi connectivity index (χ3n) is 5.50. The molecular weight excluding hydrogens is 554 g/mol. The Bertz CT molecular complexity index is 1260. The second-order valence-electron chi connectivity index (χ2n) is 7.81. The Morgan fingerprint density at radius 3 is 2.53 bits per heavy atom. The van der Waals surface area contributed by atoms with Crippen molar-refractivity contribution >= 4 is 51.2 Å². The predicted octanol–water partition coefficient (Wildman–Crippen LogP) is 3.63. The minimum absolute atomic E-state index is 0.0729. The number of allylic oxidation sites excluding steroid dienone is 1. The van der Waals surface area contributed by atoms with Gasteiger partial charge in [0.05, 0.1) is 4.92 Å². The van der Waals surface area contributed by atoms with Gasteiger partial charge in [0.2, 0.25) is 0 Å². The molecule has 0 aromatic heterocycles. The number of thioether (sulfide) groups is 1. The molecule has 0 radical (unpaired) electrons. The lowest BCUT2D eigenvalue weighted by atomic mass is 10.0. The van der Waals surface area contributed by atoms with Crippen LogP contribution in [0.4, 0.5) is 5.69 Å². The molecule has 0 bridgehead atoms. The number of β-lactam (4-membered cyclic amide) rings is 1. The molecule has 2 aliphatic heterocycles. The van der Waals surface area contributed by atoms with Crippen LogP contribution in [0, 0.1) is 10.1 Å². The van der Waals surface area contributed by atoms with Gasteiger partial charge in [-0.15, -0.1) is 0 Å². The van der Waals surface area contributed by atoms with Crippen LogP contribution in [0.1, 0.15) is 12.5 Å². The molecule has 0 spiro atoms. The molecule has 2 heterocycles. The number of para-hydroxylation sites is 1. The molecule has 12 heteroatoms. The summed E-state index contributed by atoms with van der Waals surface area (Å²) in [6.07, 6.45) is 0. The molecule has 4 rings (SSSR count). The van der Waals surface area contributed by atoms with E-state index in [1.807, 2.05) is 6.07 Å². The molecule has 2 aromatic carbocycles. The zero-order valence-corrected chi connectivity index (χ0v) is 21.3. The molecular formula is C24H20BrN3O7S. The monoisotopic (exact) mass is 573 g/mol. The fourth-order valence-electron chi connectivity index (χ4n) is 3.64. The molecule has 1 saturated heterocycles. The Morgan fingerprint density at radius 2 is 1.89 bits per heavy atom. The van der Waals surface area contributed by atoms with Crippen molar-refractivity contribution < 1.29 is 28.8 Å². The zero-order valence-electron chi connectivity index (χ0n) is 18.9. The van der Waals surface area contributed by atoms with Gasteiger partial charge in [0.1, 0.15) is 29.5 Å². The van der Waals surface area contributed by atoms with Crippen LogP contribution in [0.25, 0.3) is 0 Å². The van der Waals surface area contributed by atoms with E-state index in [0.29, 0.717) is 21.8 Å². The Labute approximate surface area is 218 Å². The van der Waals surface area contributed by atoms with Crippen molar-refractivity contribution in [1.29, 1.82) is 0 Å². The first-order valence-electron chi connectivity index (χ1n) is 10.7. The maximum atomic E-state index is 13.0. The normalized spacial score (nSPS) is 19.9. The Morgan fingerprint density at radius 1 is 1.19 bits per heavy atom. The largest absolute Gasteiger partial charge is 0.484 e. The van der Waals surface area contributed by atoms with E-state index < -0.39 is 34.1 Å². The highest BCUT2D eigenvalue weighted by Gasteiger charge is 2.55. The topological polar surface area (TPSA) is 128 Å². The minimum atomic E-state index is -0.838. The SMILES string of the molecule is CC1=C(C(=O)OCc2ccc([N+](=O)[O-])cc2)N2C(=O)C(NC(=O)COc3ccccc3)C2S/C1=C\Br. The molecule has 2 aliphatic rings. The minimum Gasteiger partial charge on any atom is -0.484 e. The van der Waals surface area contributed by atoms with E-state index in [4.69, 9.17) is 9.47 Å². The molecule has 0 saturated carbocycles. The van der Waals surface area contributed by atoms with Crippen molar-refractivity contribution in [2.75, 3.05) is 6.61 Å². The number of nitro benzene ring substituents is 1. The number of fused-ring (bicyclic) bond motifs is 1. The Kier molecular flexibility index (Phi) is 7.75. The predicted molar refractivity (Wildman–Crippen MR) is 135 cm³/mol. The quantitative estimate of drug-likeness (QED) is 0.219. The summed E-state index contributed by atoms with van der Waals surface area (Å²) in [7, 11) is 0. The maximum Gasteiger partial charge on any atom is 0.355 e. The lowest BCUT2D eigenvalue weighted by Gasteiger charge is -2.49. The van der Waals surface area contributed by atoms with Crippen LogP contribution in [-0.2, 0) is 25.7 Å². The number of hydrogen-bond donors (Lipinski definition) is 1. The average Bonchev–Trinajstić information content (AvgIpc) is 2.89. The molecule has 10 nitrogen and oxygen atoms in total. The summed E-state index contributed by atoms with van der Waals surface area (Å²) in [4.78, 5) is 52.3. The number of amides is 2. The smallest absolute Gasteiger partial charge is 0.355 e. The number of hydrogen-bond acceptors (Lipinski definition) is 8. The number of ether oxygens (including phenoxy) is 2. The summed E-state index contributed by atoms with van der Waals surface area (Å²) in [5.74, 6) is -1.08. The van der Waals surface area contributed by atoms with Crippen LogP contribution >= 0.6 is 27.7 Å². The van der Waals surface area contributed by atoms with Crippen molar-refractivity contribution in [2.45, 2.75) is 24.9 Å². The fraction of sp³-hybridized carbons (Fsp3) is 0.208. The highest BCUT2D eigenvalue weighted by molar-refractivity contribution is 9.11. The standard InChI is InChI=1S/C24H20BrN3O7S/c1-14-18(11-25)36-23-20(26-19(29)13-34-17-5-3-2-4-6-17)22(30)27(23)21(14)24(31)35-12-15-7-9-16(10-8-15)28(32)33/h2-11,20,23H,12-13H2,1H3,(H,26,29)/b18-11-. The molecule has 36 heavy (non-hydrogen) atoms. The lowest BCUT2D eigenvalue weighted by Crippen LogP contribution is -2.70. The van der Waals surface area contributed by atoms with E-state index >= 15 is 0 Å². The van der Waals surface area contributed by atoms with Crippen LogP contribution < -0.4 is 10.1 Å². The van der Waals surface area contributed by atoms with Crippen LogP contribution in [0.5, 0.6) is 5.75 Å². The van der Waals surface area contributed by atoms with Gasteiger partial charge in [0.25, 0.3) is 17.5 Å². The highest BCUT2D eigenvalue weighted by atomic mass is 79.9. The lowest BCUT2D eigenvalue weighted by molar-refractivity contribution is -0.384. The third-order valence-corrected chi connectivity index (χ3v) is 7.66. The maximum absolute atomic E-state index is 13.0. The van der Waals surface area contributed by atoms with Gasteiger partial charge in [-0.25, -0.2) is 4.79 Å². The summed E-state index contributed by atoms with van der Waals surface area (Å²) in [5.41, 5.74) is 1.12. The number of rotatable bonds is 8. The summed E-state index contributed by atoms with van der Waals surface area (Å²) >= 11 is 4.63. The van der Waals surface area contributed by atoms with Crippen LogP contribution in [0.3, 0.4) is 0 Å².